The van der Waals surface area contributed by atoms with Gasteiger partial charge in [-0.3, -0.25) is 4.68 Å². The molecule has 0 aliphatic carbocycles. The quantitative estimate of drug-likeness (QED) is 0.719. The zero-order valence-electron chi connectivity index (χ0n) is 13.7. The smallest absolute Gasteiger partial charge is 0.250 e. The van der Waals surface area contributed by atoms with Crippen molar-refractivity contribution in [3.05, 3.63) is 48.3 Å². The lowest BCUT2D eigenvalue weighted by Crippen LogP contribution is -2.49. The first-order valence-electron chi connectivity index (χ1n) is 7.87. The molecule has 0 spiro atoms. The number of ether oxygens (including phenoxy) is 1. The van der Waals surface area contributed by atoms with Gasteiger partial charge >= 0.3 is 0 Å². The molecule has 1 aliphatic heterocycles. The second kappa shape index (κ2) is 5.72. The van der Waals surface area contributed by atoms with Crippen molar-refractivity contribution in [2.24, 2.45) is 7.05 Å². The lowest BCUT2D eigenvalue weighted by Gasteiger charge is -2.40. The molecular formula is C16H19N7O. The van der Waals surface area contributed by atoms with Crippen LogP contribution in [-0.4, -0.2) is 49.7 Å². The predicted octanol–water partition coefficient (Wildman–Crippen LogP) is 1.15. The first-order valence-corrected chi connectivity index (χ1v) is 7.87. The Hall–Kier alpha value is -2.74. The van der Waals surface area contributed by atoms with Crippen LogP contribution in [0.2, 0.25) is 0 Å². The van der Waals surface area contributed by atoms with Crippen molar-refractivity contribution in [3.63, 3.8) is 0 Å². The summed E-state index contributed by atoms with van der Waals surface area (Å²) >= 11 is 0. The Morgan fingerprint density at radius 2 is 2.04 bits per heavy atom. The van der Waals surface area contributed by atoms with Gasteiger partial charge in [-0.25, -0.2) is 0 Å². The maximum absolute atomic E-state index is 6.07. The number of anilines is 1. The van der Waals surface area contributed by atoms with Crippen molar-refractivity contribution < 1.29 is 4.74 Å². The Morgan fingerprint density at radius 3 is 2.79 bits per heavy atom. The SMILES string of the molecule is Cn1cc(C2(C)CN(c3nnnn3-c3ccccc3)CCO2)cn1. The highest BCUT2D eigenvalue weighted by atomic mass is 16.5. The van der Waals surface area contributed by atoms with Crippen LogP contribution in [-0.2, 0) is 17.4 Å². The number of para-hydroxylation sites is 1. The number of tetrazole rings is 1. The Balaban J connectivity index is 1.65. The minimum absolute atomic E-state index is 0.444. The van der Waals surface area contributed by atoms with Gasteiger partial charge in [-0.1, -0.05) is 23.3 Å². The fraction of sp³-hybridized carbons (Fsp3) is 0.375. The summed E-state index contributed by atoms with van der Waals surface area (Å²) in [7, 11) is 1.91. The average Bonchev–Trinajstić information content (AvgIpc) is 3.25. The molecule has 1 aliphatic rings. The monoisotopic (exact) mass is 325 g/mol. The summed E-state index contributed by atoms with van der Waals surface area (Å²) in [6.45, 7) is 4.08. The van der Waals surface area contributed by atoms with E-state index in [0.717, 1.165) is 23.7 Å². The van der Waals surface area contributed by atoms with Gasteiger partial charge in [0.25, 0.3) is 5.95 Å². The third-order valence-corrected chi connectivity index (χ3v) is 4.33. The molecule has 1 fully saturated rings. The Morgan fingerprint density at radius 1 is 1.21 bits per heavy atom. The van der Waals surface area contributed by atoms with Crippen LogP contribution in [0.4, 0.5) is 5.95 Å². The molecule has 0 saturated carbocycles. The van der Waals surface area contributed by atoms with Crippen LogP contribution in [0.15, 0.2) is 42.7 Å². The third kappa shape index (κ3) is 2.54. The molecule has 8 heteroatoms. The van der Waals surface area contributed by atoms with Crippen molar-refractivity contribution in [2.75, 3.05) is 24.6 Å². The maximum atomic E-state index is 6.07. The molecule has 24 heavy (non-hydrogen) atoms. The van der Waals surface area contributed by atoms with Crippen LogP contribution in [0.5, 0.6) is 0 Å². The molecule has 1 atom stereocenters. The summed E-state index contributed by atoms with van der Waals surface area (Å²) in [5, 5.41) is 16.5. The van der Waals surface area contributed by atoms with Crippen molar-refractivity contribution in [1.82, 2.24) is 30.0 Å². The molecule has 1 saturated heterocycles. The van der Waals surface area contributed by atoms with Crippen LogP contribution in [0.1, 0.15) is 12.5 Å². The van der Waals surface area contributed by atoms with E-state index >= 15 is 0 Å². The Bertz CT molecular complexity index is 828. The topological polar surface area (TPSA) is 73.9 Å². The van der Waals surface area contributed by atoms with Crippen LogP contribution in [0.25, 0.3) is 5.69 Å². The summed E-state index contributed by atoms with van der Waals surface area (Å²) in [6, 6.07) is 9.89. The largest absolute Gasteiger partial charge is 0.367 e. The first kappa shape index (κ1) is 14.8. The van der Waals surface area contributed by atoms with Crippen LogP contribution in [0.3, 0.4) is 0 Å². The van der Waals surface area contributed by atoms with E-state index in [2.05, 4.69) is 32.4 Å². The number of aromatic nitrogens is 6. The fourth-order valence-corrected chi connectivity index (χ4v) is 3.03. The zero-order chi connectivity index (χ0) is 16.6. The summed E-state index contributed by atoms with van der Waals surface area (Å²) in [4.78, 5) is 2.16. The summed E-state index contributed by atoms with van der Waals surface area (Å²) in [5.41, 5.74) is 1.54. The number of rotatable bonds is 3. The van der Waals surface area contributed by atoms with Crippen molar-refractivity contribution >= 4 is 5.95 Å². The van der Waals surface area contributed by atoms with Crippen molar-refractivity contribution in [2.45, 2.75) is 12.5 Å². The maximum Gasteiger partial charge on any atom is 0.250 e. The zero-order valence-corrected chi connectivity index (χ0v) is 13.7. The van der Waals surface area contributed by atoms with E-state index in [4.69, 9.17) is 4.74 Å². The third-order valence-electron chi connectivity index (χ3n) is 4.33. The molecular weight excluding hydrogens is 306 g/mol. The summed E-state index contributed by atoms with van der Waals surface area (Å²) in [6.07, 6.45) is 3.84. The highest BCUT2D eigenvalue weighted by molar-refractivity contribution is 5.41. The van der Waals surface area contributed by atoms with E-state index in [0.29, 0.717) is 13.2 Å². The van der Waals surface area contributed by atoms with E-state index in [1.54, 1.807) is 9.36 Å². The molecule has 124 valence electrons. The van der Waals surface area contributed by atoms with Crippen LogP contribution < -0.4 is 4.90 Å². The molecule has 4 rings (SSSR count). The summed E-state index contributed by atoms with van der Waals surface area (Å²) in [5.74, 6) is 0.722. The Labute approximate surface area is 139 Å². The molecule has 0 amide bonds. The van der Waals surface area contributed by atoms with Gasteiger partial charge < -0.3 is 9.64 Å². The normalized spacial score (nSPS) is 21.2. The number of morpholine rings is 1. The molecule has 3 aromatic rings. The molecule has 8 nitrogen and oxygen atoms in total. The standard InChI is InChI=1S/C16H19N7O/c1-16(13-10-17-21(2)11-13)12-22(8-9-24-16)15-18-19-20-23(15)14-6-4-3-5-7-14/h3-7,10-11H,8-9,12H2,1-2H3. The molecule has 2 aromatic heterocycles. The number of aryl methyl sites for hydroxylation is 1. The first-order chi connectivity index (χ1) is 11.7. The van der Waals surface area contributed by atoms with Gasteiger partial charge in [0.05, 0.1) is 25.0 Å². The van der Waals surface area contributed by atoms with Gasteiger partial charge in [0.15, 0.2) is 0 Å². The minimum Gasteiger partial charge on any atom is -0.367 e. The second-order valence-corrected chi connectivity index (χ2v) is 6.13. The van der Waals surface area contributed by atoms with Crippen LogP contribution in [0, 0.1) is 0 Å². The van der Waals surface area contributed by atoms with E-state index in [-0.39, 0.29) is 0 Å². The average molecular weight is 325 g/mol. The molecule has 0 N–H and O–H groups in total. The van der Waals surface area contributed by atoms with Gasteiger partial charge in [0.1, 0.15) is 5.60 Å². The van der Waals surface area contributed by atoms with Crippen molar-refractivity contribution in [1.29, 1.82) is 0 Å². The van der Waals surface area contributed by atoms with Gasteiger partial charge in [-0.05, 0) is 29.5 Å². The van der Waals surface area contributed by atoms with Gasteiger partial charge in [0.2, 0.25) is 0 Å². The highest BCUT2D eigenvalue weighted by Crippen LogP contribution is 2.31. The lowest BCUT2D eigenvalue weighted by atomic mass is 9.97. The minimum atomic E-state index is -0.444. The molecule has 3 heterocycles. The molecule has 0 bridgehead atoms. The number of hydrogen-bond acceptors (Lipinski definition) is 6. The van der Waals surface area contributed by atoms with Crippen LogP contribution >= 0.6 is 0 Å². The van der Waals surface area contributed by atoms with E-state index < -0.39 is 5.60 Å². The predicted molar refractivity (Wildman–Crippen MR) is 87.9 cm³/mol. The Kier molecular flexibility index (Phi) is 3.53. The van der Waals surface area contributed by atoms with E-state index in [1.807, 2.05) is 49.8 Å². The molecule has 0 radical (unpaired) electrons. The molecule has 1 unspecified atom stereocenters. The van der Waals surface area contributed by atoms with E-state index in [9.17, 15) is 0 Å². The lowest BCUT2D eigenvalue weighted by molar-refractivity contribution is -0.0471. The van der Waals surface area contributed by atoms with E-state index in [1.165, 1.54) is 0 Å². The van der Waals surface area contributed by atoms with Crippen molar-refractivity contribution in [3.8, 4) is 5.69 Å². The highest BCUT2D eigenvalue weighted by Gasteiger charge is 2.36. The van der Waals surface area contributed by atoms with Gasteiger partial charge in [0, 0.05) is 25.4 Å². The number of hydrogen-bond donors (Lipinski definition) is 0. The second-order valence-electron chi connectivity index (χ2n) is 6.13. The fourth-order valence-electron chi connectivity index (χ4n) is 3.03. The van der Waals surface area contributed by atoms with Gasteiger partial charge in [-0.2, -0.15) is 9.78 Å². The molecule has 1 aromatic carbocycles. The number of benzene rings is 1. The van der Waals surface area contributed by atoms with Gasteiger partial charge in [-0.15, -0.1) is 0 Å². The summed E-state index contributed by atoms with van der Waals surface area (Å²) < 4.78 is 9.61. The number of nitrogens with zero attached hydrogens (tertiary/aromatic N) is 7.